The normalized spacial score (nSPS) is 11.1. The predicted octanol–water partition coefficient (Wildman–Crippen LogP) is 2.64. The summed E-state index contributed by atoms with van der Waals surface area (Å²) in [5, 5.41) is 11.0. The van der Waals surface area contributed by atoms with Crippen molar-refractivity contribution in [2.75, 3.05) is 7.11 Å². The van der Waals surface area contributed by atoms with Crippen LogP contribution in [0.25, 0.3) is 22.2 Å². The lowest BCUT2D eigenvalue weighted by atomic mass is 10.3. The van der Waals surface area contributed by atoms with Gasteiger partial charge >= 0.3 is 0 Å². The molecular formula is C12H12N4O2S. The summed E-state index contributed by atoms with van der Waals surface area (Å²) in [5.74, 6) is 0.900. The van der Waals surface area contributed by atoms with Crippen LogP contribution in [-0.4, -0.2) is 27.4 Å². The van der Waals surface area contributed by atoms with Gasteiger partial charge in [0, 0.05) is 12.0 Å². The van der Waals surface area contributed by atoms with Gasteiger partial charge in [-0.2, -0.15) is 10.1 Å². The van der Waals surface area contributed by atoms with E-state index >= 15 is 0 Å². The molecule has 3 aromatic heterocycles. The number of ether oxygens (including phenoxy) is 1. The average molecular weight is 276 g/mol. The Hall–Kier alpha value is -1.99. The SMILES string of the molecule is COCc1noc(-c2cc(-c3ccc(C)s3)[nH]n2)n1. The van der Waals surface area contributed by atoms with Gasteiger partial charge in [0.15, 0.2) is 11.5 Å². The molecule has 0 amide bonds. The first kappa shape index (κ1) is 12.1. The van der Waals surface area contributed by atoms with E-state index in [1.54, 1.807) is 18.4 Å². The molecule has 0 aliphatic rings. The third kappa shape index (κ3) is 2.42. The number of aryl methyl sites for hydroxylation is 1. The van der Waals surface area contributed by atoms with Gasteiger partial charge in [0.2, 0.25) is 0 Å². The Bertz CT molecular complexity index is 685. The molecule has 98 valence electrons. The van der Waals surface area contributed by atoms with E-state index in [1.807, 2.05) is 6.07 Å². The van der Waals surface area contributed by atoms with Crippen LogP contribution in [0.3, 0.4) is 0 Å². The number of methoxy groups -OCH3 is 1. The summed E-state index contributed by atoms with van der Waals surface area (Å²) in [7, 11) is 1.59. The number of rotatable bonds is 4. The third-order valence-corrected chi connectivity index (χ3v) is 3.58. The molecule has 0 saturated carbocycles. The van der Waals surface area contributed by atoms with Crippen molar-refractivity contribution >= 4 is 11.3 Å². The fourth-order valence-corrected chi connectivity index (χ4v) is 2.52. The second-order valence-electron chi connectivity index (χ2n) is 4.03. The Morgan fingerprint density at radius 2 is 2.32 bits per heavy atom. The number of aromatic amines is 1. The van der Waals surface area contributed by atoms with Crippen LogP contribution < -0.4 is 0 Å². The standard InChI is InChI=1S/C12H12N4O2S/c1-7-3-4-10(19-7)8-5-9(15-14-8)12-13-11(6-17-2)16-18-12/h3-5H,6H2,1-2H3,(H,14,15). The van der Waals surface area contributed by atoms with Crippen molar-refractivity contribution in [3.05, 3.63) is 28.9 Å². The Labute approximate surface area is 113 Å². The minimum absolute atomic E-state index is 0.324. The largest absolute Gasteiger partial charge is 0.377 e. The summed E-state index contributed by atoms with van der Waals surface area (Å²) in [6, 6.07) is 6.03. The number of H-pyrrole nitrogens is 1. The van der Waals surface area contributed by atoms with Crippen molar-refractivity contribution < 1.29 is 9.26 Å². The van der Waals surface area contributed by atoms with Gasteiger partial charge in [0.1, 0.15) is 6.61 Å². The number of nitrogens with zero attached hydrogens (tertiary/aromatic N) is 3. The maximum absolute atomic E-state index is 5.14. The fourth-order valence-electron chi connectivity index (χ4n) is 1.68. The van der Waals surface area contributed by atoms with Gasteiger partial charge < -0.3 is 9.26 Å². The minimum atomic E-state index is 0.324. The first-order valence-corrected chi connectivity index (χ1v) is 6.52. The monoisotopic (exact) mass is 276 g/mol. The van der Waals surface area contributed by atoms with Gasteiger partial charge in [0.05, 0.1) is 10.6 Å². The topological polar surface area (TPSA) is 76.8 Å². The van der Waals surface area contributed by atoms with E-state index < -0.39 is 0 Å². The Morgan fingerprint density at radius 1 is 1.42 bits per heavy atom. The number of nitrogens with one attached hydrogen (secondary N) is 1. The first-order chi connectivity index (χ1) is 9.26. The van der Waals surface area contributed by atoms with Crippen LogP contribution in [0.4, 0.5) is 0 Å². The van der Waals surface area contributed by atoms with E-state index in [9.17, 15) is 0 Å². The molecule has 7 heteroatoms. The van der Waals surface area contributed by atoms with Crippen LogP contribution in [0, 0.1) is 6.92 Å². The quantitative estimate of drug-likeness (QED) is 0.792. The summed E-state index contributed by atoms with van der Waals surface area (Å²) in [5.41, 5.74) is 1.58. The fraction of sp³-hybridized carbons (Fsp3) is 0.250. The highest BCUT2D eigenvalue weighted by atomic mass is 32.1. The molecule has 0 spiro atoms. The Balaban J connectivity index is 1.87. The van der Waals surface area contributed by atoms with Crippen LogP contribution in [0.2, 0.25) is 0 Å². The lowest BCUT2D eigenvalue weighted by Crippen LogP contribution is -1.89. The maximum Gasteiger partial charge on any atom is 0.278 e. The van der Waals surface area contributed by atoms with E-state index in [-0.39, 0.29) is 0 Å². The van der Waals surface area contributed by atoms with Crippen molar-refractivity contribution in [1.82, 2.24) is 20.3 Å². The van der Waals surface area contributed by atoms with Gasteiger partial charge in [-0.15, -0.1) is 11.3 Å². The molecule has 0 unspecified atom stereocenters. The van der Waals surface area contributed by atoms with Crippen molar-refractivity contribution in [3.63, 3.8) is 0 Å². The minimum Gasteiger partial charge on any atom is -0.377 e. The molecule has 0 fully saturated rings. The van der Waals surface area contributed by atoms with Gasteiger partial charge in [-0.1, -0.05) is 5.16 Å². The Morgan fingerprint density at radius 3 is 3.05 bits per heavy atom. The van der Waals surface area contributed by atoms with Gasteiger partial charge in [-0.3, -0.25) is 5.10 Å². The molecule has 0 aliphatic carbocycles. The summed E-state index contributed by atoms with van der Waals surface area (Å²) in [6.45, 7) is 2.39. The van der Waals surface area contributed by atoms with Gasteiger partial charge in [0.25, 0.3) is 5.89 Å². The highest BCUT2D eigenvalue weighted by molar-refractivity contribution is 7.15. The molecule has 3 aromatic rings. The lowest BCUT2D eigenvalue weighted by Gasteiger charge is -1.87. The van der Waals surface area contributed by atoms with Crippen LogP contribution in [0.15, 0.2) is 22.7 Å². The molecule has 1 N–H and O–H groups in total. The molecule has 0 aliphatic heterocycles. The Kier molecular flexibility index (Phi) is 3.14. The molecule has 0 bridgehead atoms. The summed E-state index contributed by atoms with van der Waals surface area (Å²) < 4.78 is 10.1. The predicted molar refractivity (Wildman–Crippen MR) is 70.6 cm³/mol. The van der Waals surface area contributed by atoms with Crippen LogP contribution in [-0.2, 0) is 11.3 Å². The second-order valence-corrected chi connectivity index (χ2v) is 5.31. The molecule has 0 atom stereocenters. The van der Waals surface area contributed by atoms with Crippen molar-refractivity contribution in [3.8, 4) is 22.2 Å². The van der Waals surface area contributed by atoms with Crippen molar-refractivity contribution in [2.24, 2.45) is 0 Å². The zero-order valence-electron chi connectivity index (χ0n) is 10.5. The number of aromatic nitrogens is 4. The molecule has 0 saturated heterocycles. The van der Waals surface area contributed by atoms with E-state index in [2.05, 4.69) is 39.4 Å². The van der Waals surface area contributed by atoms with Crippen LogP contribution in [0.1, 0.15) is 10.7 Å². The maximum atomic E-state index is 5.14. The third-order valence-electron chi connectivity index (χ3n) is 2.54. The molecular weight excluding hydrogens is 264 g/mol. The lowest BCUT2D eigenvalue weighted by molar-refractivity contribution is 0.174. The van der Waals surface area contributed by atoms with E-state index in [0.29, 0.717) is 24.0 Å². The summed E-state index contributed by atoms with van der Waals surface area (Å²) in [4.78, 5) is 6.59. The summed E-state index contributed by atoms with van der Waals surface area (Å²) in [6.07, 6.45) is 0. The average Bonchev–Trinajstić information content (AvgIpc) is 3.07. The molecule has 19 heavy (non-hydrogen) atoms. The second kappa shape index (κ2) is 4.94. The molecule has 6 nitrogen and oxygen atoms in total. The molecule has 0 radical (unpaired) electrons. The van der Waals surface area contributed by atoms with Gasteiger partial charge in [-0.25, -0.2) is 0 Å². The van der Waals surface area contributed by atoms with E-state index in [0.717, 1.165) is 10.6 Å². The number of hydrogen-bond donors (Lipinski definition) is 1. The van der Waals surface area contributed by atoms with Crippen molar-refractivity contribution in [2.45, 2.75) is 13.5 Å². The smallest absolute Gasteiger partial charge is 0.278 e. The van der Waals surface area contributed by atoms with E-state index in [4.69, 9.17) is 9.26 Å². The zero-order valence-corrected chi connectivity index (χ0v) is 11.3. The molecule has 0 aromatic carbocycles. The summed E-state index contributed by atoms with van der Waals surface area (Å²) >= 11 is 1.70. The highest BCUT2D eigenvalue weighted by Crippen LogP contribution is 2.28. The van der Waals surface area contributed by atoms with Crippen LogP contribution >= 0.6 is 11.3 Å². The zero-order chi connectivity index (χ0) is 13.2. The van der Waals surface area contributed by atoms with Gasteiger partial charge in [-0.05, 0) is 25.1 Å². The number of thiophene rings is 1. The van der Waals surface area contributed by atoms with Crippen molar-refractivity contribution in [1.29, 1.82) is 0 Å². The number of hydrogen-bond acceptors (Lipinski definition) is 6. The van der Waals surface area contributed by atoms with Crippen LogP contribution in [0.5, 0.6) is 0 Å². The highest BCUT2D eigenvalue weighted by Gasteiger charge is 2.13. The first-order valence-electron chi connectivity index (χ1n) is 5.70. The van der Waals surface area contributed by atoms with E-state index in [1.165, 1.54) is 4.88 Å². The molecule has 3 rings (SSSR count). The molecule has 3 heterocycles.